The van der Waals surface area contributed by atoms with Gasteiger partial charge in [0.1, 0.15) is 5.75 Å². The number of fused-ring (bicyclic) bond motifs is 2. The number of carbonyl (C=O) groups is 5. The van der Waals surface area contributed by atoms with Gasteiger partial charge in [-0.25, -0.2) is 4.79 Å². The molecule has 2 aromatic carbocycles. The minimum Gasteiger partial charge on any atom is -0.481 e. The lowest BCUT2D eigenvalue weighted by Crippen LogP contribution is -2.28. The molecule has 3 aromatic rings. The maximum absolute atomic E-state index is 12.6. The van der Waals surface area contributed by atoms with E-state index in [1.807, 2.05) is 0 Å². The molecule has 0 bridgehead atoms. The predicted octanol–water partition coefficient (Wildman–Crippen LogP) is 4.13. The number of unbranched alkanes of at least 4 members (excludes halogenated alkanes) is 1. The minimum atomic E-state index is -1.00. The highest BCUT2D eigenvalue weighted by Crippen LogP contribution is 2.44. The number of ether oxygens (including phenoxy) is 2. The van der Waals surface area contributed by atoms with Crippen molar-refractivity contribution in [1.82, 2.24) is 10.6 Å². The molecule has 0 atom stereocenters. The zero-order valence-corrected chi connectivity index (χ0v) is 20.7. The van der Waals surface area contributed by atoms with E-state index in [0.717, 1.165) is 0 Å². The van der Waals surface area contributed by atoms with Crippen molar-refractivity contribution in [2.45, 2.75) is 46.5 Å². The van der Waals surface area contributed by atoms with Crippen molar-refractivity contribution in [3.05, 3.63) is 36.1 Å². The largest absolute Gasteiger partial charge is 0.481 e. The van der Waals surface area contributed by atoms with E-state index in [9.17, 15) is 24.0 Å². The fraction of sp³-hybridized carbons (Fsp3) is 0.370. The molecule has 0 spiro atoms. The highest BCUT2D eigenvalue weighted by molar-refractivity contribution is 6.12. The van der Waals surface area contributed by atoms with Gasteiger partial charge in [0.2, 0.25) is 0 Å². The molecule has 3 rings (SSSR count). The van der Waals surface area contributed by atoms with Crippen LogP contribution in [0.25, 0.3) is 21.7 Å². The van der Waals surface area contributed by atoms with Gasteiger partial charge in [-0.2, -0.15) is 0 Å². The topological polar surface area (TPSA) is 181 Å². The van der Waals surface area contributed by atoms with Gasteiger partial charge < -0.3 is 34.7 Å². The molecule has 0 saturated carbocycles. The molecule has 0 aliphatic carbocycles. The summed E-state index contributed by atoms with van der Waals surface area (Å²) in [6, 6.07) is 8.13. The minimum absolute atomic E-state index is 0. The number of rotatable bonds is 14. The van der Waals surface area contributed by atoms with Crippen LogP contribution in [0.2, 0.25) is 0 Å². The smallest absolute Gasteiger partial charge is 0.412 e. The van der Waals surface area contributed by atoms with Crippen molar-refractivity contribution in [2.24, 2.45) is 0 Å². The number of hydrogen-bond donors (Lipinski definition) is 4. The first-order valence-corrected chi connectivity index (χ1v) is 12.0. The summed E-state index contributed by atoms with van der Waals surface area (Å²) in [5.74, 6) is -2.74. The van der Waals surface area contributed by atoms with E-state index in [0.29, 0.717) is 36.6 Å². The summed E-state index contributed by atoms with van der Waals surface area (Å²) in [5, 5.41) is 23.7. The van der Waals surface area contributed by atoms with Gasteiger partial charge in [0.15, 0.2) is 22.9 Å². The molecule has 1 amide bonds. The number of benzene rings is 2. The number of furan rings is 1. The zero-order chi connectivity index (χ0) is 27.7. The standard InChI is InChI=1S/C26H28N2O10.CH4/c1-15(29)19-13-18-23(37-22(34)10-6-11-27-14-21(32)33)16-7-2-3-8-17(16)24(25(18)36-19)38-26(35)28-12-5-4-9-20(30)31;/h2-3,7-8,13,27H,4-6,9-12,14H2,1H3,(H,28,35)(H,30,31)(H,32,33);1H4. The van der Waals surface area contributed by atoms with Crippen molar-refractivity contribution in [1.29, 1.82) is 0 Å². The predicted molar refractivity (Wildman–Crippen MR) is 141 cm³/mol. The van der Waals surface area contributed by atoms with Crippen LogP contribution in [0.3, 0.4) is 0 Å². The molecule has 0 fully saturated rings. The monoisotopic (exact) mass is 544 g/mol. The van der Waals surface area contributed by atoms with Crippen molar-refractivity contribution < 1.29 is 48.1 Å². The van der Waals surface area contributed by atoms with Gasteiger partial charge >= 0.3 is 24.0 Å². The third-order valence-corrected chi connectivity index (χ3v) is 5.45. The average Bonchev–Trinajstić information content (AvgIpc) is 3.31. The quantitative estimate of drug-likeness (QED) is 0.0991. The molecule has 1 heterocycles. The Bertz CT molecular complexity index is 1270. The molecular weight excluding hydrogens is 512 g/mol. The highest BCUT2D eigenvalue weighted by atomic mass is 16.6. The number of hydrogen-bond acceptors (Lipinski definition) is 9. The van der Waals surface area contributed by atoms with Gasteiger partial charge in [-0.3, -0.25) is 19.2 Å². The first-order valence-electron chi connectivity index (χ1n) is 12.0. The molecule has 0 radical (unpaired) electrons. The third-order valence-electron chi connectivity index (χ3n) is 5.45. The van der Waals surface area contributed by atoms with E-state index in [-0.39, 0.29) is 67.4 Å². The Kier molecular flexibility index (Phi) is 11.4. The van der Waals surface area contributed by atoms with Gasteiger partial charge in [0.05, 0.1) is 11.9 Å². The number of carbonyl (C=O) groups excluding carboxylic acids is 3. The first-order chi connectivity index (χ1) is 18.2. The van der Waals surface area contributed by atoms with Crippen molar-refractivity contribution in [2.75, 3.05) is 19.6 Å². The Morgan fingerprint density at radius 3 is 2.18 bits per heavy atom. The summed E-state index contributed by atoms with van der Waals surface area (Å²) in [6.45, 7) is 1.58. The fourth-order valence-corrected chi connectivity index (χ4v) is 3.70. The van der Waals surface area contributed by atoms with Crippen LogP contribution in [0.4, 0.5) is 4.79 Å². The molecule has 0 saturated heterocycles. The summed E-state index contributed by atoms with van der Waals surface area (Å²) in [5.41, 5.74) is 0.0425. The summed E-state index contributed by atoms with van der Waals surface area (Å²) in [7, 11) is 0. The van der Waals surface area contributed by atoms with Crippen LogP contribution in [-0.2, 0) is 14.4 Å². The van der Waals surface area contributed by atoms with Crippen molar-refractivity contribution >= 4 is 51.5 Å². The van der Waals surface area contributed by atoms with Crippen LogP contribution < -0.4 is 20.1 Å². The summed E-state index contributed by atoms with van der Waals surface area (Å²) in [6.07, 6.45) is 0.354. The Morgan fingerprint density at radius 2 is 1.54 bits per heavy atom. The van der Waals surface area contributed by atoms with E-state index in [1.165, 1.54) is 13.0 Å². The van der Waals surface area contributed by atoms with Crippen molar-refractivity contribution in [3.8, 4) is 11.5 Å². The fourth-order valence-electron chi connectivity index (χ4n) is 3.70. The molecule has 0 aliphatic rings. The lowest BCUT2D eigenvalue weighted by molar-refractivity contribution is -0.137. The lowest BCUT2D eigenvalue weighted by atomic mass is 10.0. The van der Waals surface area contributed by atoms with Crippen LogP contribution in [0.5, 0.6) is 11.5 Å². The van der Waals surface area contributed by atoms with Crippen LogP contribution >= 0.6 is 0 Å². The second kappa shape index (κ2) is 14.5. The second-order valence-electron chi connectivity index (χ2n) is 8.43. The second-order valence-corrected chi connectivity index (χ2v) is 8.43. The Hall–Kier alpha value is -4.45. The van der Waals surface area contributed by atoms with E-state index in [2.05, 4.69) is 10.6 Å². The van der Waals surface area contributed by atoms with Gasteiger partial charge in [-0.1, -0.05) is 31.7 Å². The molecule has 0 aliphatic heterocycles. The van der Waals surface area contributed by atoms with Crippen LogP contribution in [-0.4, -0.2) is 59.6 Å². The van der Waals surface area contributed by atoms with Crippen LogP contribution in [0.15, 0.2) is 34.7 Å². The lowest BCUT2D eigenvalue weighted by Gasteiger charge is -2.14. The molecule has 1 aromatic heterocycles. The molecule has 39 heavy (non-hydrogen) atoms. The van der Waals surface area contributed by atoms with Crippen LogP contribution in [0, 0.1) is 0 Å². The number of nitrogens with one attached hydrogen (secondary N) is 2. The highest BCUT2D eigenvalue weighted by Gasteiger charge is 2.24. The van der Waals surface area contributed by atoms with Gasteiger partial charge in [-0.05, 0) is 31.9 Å². The SMILES string of the molecule is C.CC(=O)c1cc2c(OC(=O)CCCNCC(=O)O)c3ccccc3c(OC(=O)NCCCCC(=O)O)c2o1. The van der Waals surface area contributed by atoms with Gasteiger partial charge in [-0.15, -0.1) is 0 Å². The third kappa shape index (κ3) is 8.54. The number of amides is 1. The van der Waals surface area contributed by atoms with E-state index >= 15 is 0 Å². The molecule has 12 nitrogen and oxygen atoms in total. The van der Waals surface area contributed by atoms with E-state index < -0.39 is 24.0 Å². The Labute approximate surface area is 224 Å². The molecule has 4 N–H and O–H groups in total. The zero-order valence-electron chi connectivity index (χ0n) is 20.7. The Morgan fingerprint density at radius 1 is 0.846 bits per heavy atom. The first kappa shape index (κ1) is 30.8. The molecule has 12 heteroatoms. The van der Waals surface area contributed by atoms with Crippen LogP contribution in [0.1, 0.15) is 57.0 Å². The number of carboxylic acids is 2. The number of carboxylic acid groups (broad SMARTS) is 2. The van der Waals surface area contributed by atoms with E-state index in [4.69, 9.17) is 24.1 Å². The summed E-state index contributed by atoms with van der Waals surface area (Å²) >= 11 is 0. The van der Waals surface area contributed by atoms with Gasteiger partial charge in [0, 0.05) is 37.1 Å². The summed E-state index contributed by atoms with van der Waals surface area (Å²) < 4.78 is 17.0. The van der Waals surface area contributed by atoms with Crippen molar-refractivity contribution in [3.63, 3.8) is 0 Å². The van der Waals surface area contributed by atoms with E-state index in [1.54, 1.807) is 24.3 Å². The number of aliphatic carboxylic acids is 2. The number of esters is 1. The summed E-state index contributed by atoms with van der Waals surface area (Å²) in [4.78, 5) is 58.4. The maximum atomic E-state index is 12.6. The normalized spacial score (nSPS) is 10.6. The molecular formula is C27H32N2O10. The maximum Gasteiger partial charge on any atom is 0.412 e. The van der Waals surface area contributed by atoms with Gasteiger partial charge in [0.25, 0.3) is 0 Å². The molecule has 210 valence electrons. The molecule has 0 unspecified atom stereocenters. The Balaban J connectivity index is 0.00000533. The number of ketones is 1. The average molecular weight is 545 g/mol. The number of Topliss-reactive ketones (excluding diaryl/α,β-unsaturated/α-hetero) is 1.